The molecule has 0 saturated carbocycles. The van der Waals surface area contributed by atoms with Crippen molar-refractivity contribution in [2.45, 2.75) is 19.9 Å². The van der Waals surface area contributed by atoms with Gasteiger partial charge in [0.2, 0.25) is 0 Å². The molecule has 0 aliphatic heterocycles. The Bertz CT molecular complexity index is 732. The molecule has 144 valence electrons. The van der Waals surface area contributed by atoms with Crippen molar-refractivity contribution < 1.29 is 9.53 Å². The number of hydrogen-bond donors (Lipinski definition) is 3. The Balaban J connectivity index is 1.76. The molecule has 0 saturated heterocycles. The second-order valence-electron chi connectivity index (χ2n) is 5.98. The lowest BCUT2D eigenvalue weighted by atomic mass is 10.1. The molecule has 0 aliphatic carbocycles. The maximum atomic E-state index is 11.5. The van der Waals surface area contributed by atoms with E-state index < -0.39 is 0 Å². The van der Waals surface area contributed by atoms with Crippen LogP contribution in [0.3, 0.4) is 0 Å². The highest BCUT2D eigenvalue weighted by Gasteiger charge is 2.03. The summed E-state index contributed by atoms with van der Waals surface area (Å²) in [6.45, 7) is 3.92. The van der Waals surface area contributed by atoms with Gasteiger partial charge in [0.1, 0.15) is 5.75 Å². The molecule has 0 unspecified atom stereocenters. The molecule has 6 heteroatoms. The third-order valence-corrected chi connectivity index (χ3v) is 3.87. The first kappa shape index (κ1) is 20.3. The molecule has 2 aromatic rings. The van der Waals surface area contributed by atoms with E-state index in [9.17, 15) is 4.79 Å². The van der Waals surface area contributed by atoms with Gasteiger partial charge in [-0.15, -0.1) is 0 Å². The fourth-order valence-corrected chi connectivity index (χ4v) is 2.52. The number of ether oxygens (including phenoxy) is 1. The first-order valence-electron chi connectivity index (χ1n) is 9.18. The minimum absolute atomic E-state index is 0.0213. The second-order valence-corrected chi connectivity index (χ2v) is 5.98. The highest BCUT2D eigenvalue weighted by molar-refractivity contribution is 5.79. The van der Waals surface area contributed by atoms with Crippen molar-refractivity contribution >= 4 is 11.9 Å². The lowest BCUT2D eigenvalue weighted by molar-refractivity contribution is -0.122. The van der Waals surface area contributed by atoms with Crippen molar-refractivity contribution in [1.82, 2.24) is 16.0 Å². The summed E-state index contributed by atoms with van der Waals surface area (Å²) in [6, 6.07) is 18.0. The summed E-state index contributed by atoms with van der Waals surface area (Å²) in [6.07, 6.45) is 0.935. The molecular formula is C21H28N4O2. The third kappa shape index (κ3) is 7.81. The summed E-state index contributed by atoms with van der Waals surface area (Å²) in [5, 5.41) is 9.31. The van der Waals surface area contributed by atoms with Gasteiger partial charge in [-0.2, -0.15) is 0 Å². The number of hydrogen-bond acceptors (Lipinski definition) is 3. The Kier molecular flexibility index (Phi) is 8.69. The standard InChI is InChI=1S/C21H28N4O2/c1-3-23-20(26)16-27-19-11-7-10-18(14-19)15-25-21(22-2)24-13-12-17-8-5-4-6-9-17/h4-11,14H,3,12-13,15-16H2,1-2H3,(H,23,26)(H2,22,24,25). The van der Waals surface area contributed by atoms with Crippen LogP contribution in [0.5, 0.6) is 5.75 Å². The SMILES string of the molecule is CCNC(=O)COc1cccc(CNC(=NC)NCCc2ccccc2)c1. The lowest BCUT2D eigenvalue weighted by Gasteiger charge is -2.13. The van der Waals surface area contributed by atoms with Gasteiger partial charge in [-0.1, -0.05) is 42.5 Å². The van der Waals surface area contributed by atoms with E-state index in [1.807, 2.05) is 49.4 Å². The van der Waals surface area contributed by atoms with Crippen LogP contribution in [0.15, 0.2) is 59.6 Å². The summed E-state index contributed by atoms with van der Waals surface area (Å²) in [7, 11) is 1.75. The molecule has 27 heavy (non-hydrogen) atoms. The molecule has 6 nitrogen and oxygen atoms in total. The van der Waals surface area contributed by atoms with Gasteiger partial charge in [0, 0.05) is 26.7 Å². The third-order valence-electron chi connectivity index (χ3n) is 3.87. The number of likely N-dealkylation sites (N-methyl/N-ethyl adjacent to an activating group) is 1. The minimum Gasteiger partial charge on any atom is -0.484 e. The van der Waals surface area contributed by atoms with E-state index in [1.54, 1.807) is 7.05 Å². The minimum atomic E-state index is -0.121. The largest absolute Gasteiger partial charge is 0.484 e. The van der Waals surface area contributed by atoms with Crippen LogP contribution in [0.25, 0.3) is 0 Å². The molecule has 0 heterocycles. The average molecular weight is 368 g/mol. The van der Waals surface area contributed by atoms with Crippen LogP contribution in [0.1, 0.15) is 18.1 Å². The van der Waals surface area contributed by atoms with Crippen LogP contribution in [-0.4, -0.2) is 38.6 Å². The van der Waals surface area contributed by atoms with Gasteiger partial charge in [-0.05, 0) is 36.6 Å². The molecule has 0 bridgehead atoms. The predicted molar refractivity (Wildman–Crippen MR) is 109 cm³/mol. The van der Waals surface area contributed by atoms with Crippen molar-refractivity contribution in [2.75, 3.05) is 26.7 Å². The quantitative estimate of drug-likeness (QED) is 0.468. The molecule has 2 rings (SSSR count). The number of rotatable bonds is 9. The lowest BCUT2D eigenvalue weighted by Crippen LogP contribution is -2.37. The normalized spacial score (nSPS) is 11.0. The number of amides is 1. The Hall–Kier alpha value is -3.02. The summed E-state index contributed by atoms with van der Waals surface area (Å²) < 4.78 is 5.52. The van der Waals surface area contributed by atoms with Crippen LogP contribution in [0.2, 0.25) is 0 Å². The Morgan fingerprint density at radius 1 is 1.00 bits per heavy atom. The number of guanidine groups is 1. The van der Waals surface area contributed by atoms with E-state index in [4.69, 9.17) is 4.74 Å². The highest BCUT2D eigenvalue weighted by atomic mass is 16.5. The number of nitrogens with zero attached hydrogens (tertiary/aromatic N) is 1. The van der Waals surface area contributed by atoms with Gasteiger partial charge in [-0.25, -0.2) is 0 Å². The van der Waals surface area contributed by atoms with Gasteiger partial charge in [0.15, 0.2) is 12.6 Å². The van der Waals surface area contributed by atoms with Gasteiger partial charge in [0.05, 0.1) is 0 Å². The summed E-state index contributed by atoms with van der Waals surface area (Å²) in [5.41, 5.74) is 2.34. The molecule has 2 aromatic carbocycles. The van der Waals surface area contributed by atoms with E-state index in [0.29, 0.717) is 18.8 Å². The second kappa shape index (κ2) is 11.6. The van der Waals surface area contributed by atoms with Crippen LogP contribution in [-0.2, 0) is 17.8 Å². The maximum Gasteiger partial charge on any atom is 0.257 e. The Morgan fingerprint density at radius 3 is 2.52 bits per heavy atom. The fraction of sp³-hybridized carbons (Fsp3) is 0.333. The van der Waals surface area contributed by atoms with Crippen molar-refractivity contribution in [3.63, 3.8) is 0 Å². The summed E-state index contributed by atoms with van der Waals surface area (Å²) in [4.78, 5) is 15.7. The molecule has 0 aliphatic rings. The van der Waals surface area contributed by atoms with Crippen LogP contribution >= 0.6 is 0 Å². The molecule has 0 spiro atoms. The maximum absolute atomic E-state index is 11.5. The number of carbonyl (C=O) groups excluding carboxylic acids is 1. The molecule has 0 radical (unpaired) electrons. The molecule has 1 amide bonds. The zero-order valence-corrected chi connectivity index (χ0v) is 16.0. The molecule has 0 atom stereocenters. The summed E-state index contributed by atoms with van der Waals surface area (Å²) >= 11 is 0. The Morgan fingerprint density at radius 2 is 1.78 bits per heavy atom. The number of aliphatic imine (C=N–C) groups is 1. The topological polar surface area (TPSA) is 74.8 Å². The Labute approximate surface area is 161 Å². The fourth-order valence-electron chi connectivity index (χ4n) is 2.52. The van der Waals surface area contributed by atoms with Crippen molar-refractivity contribution in [1.29, 1.82) is 0 Å². The van der Waals surface area contributed by atoms with Crippen molar-refractivity contribution in [3.8, 4) is 5.75 Å². The molecule has 0 aromatic heterocycles. The number of benzene rings is 2. The monoisotopic (exact) mass is 368 g/mol. The zero-order chi connectivity index (χ0) is 19.3. The predicted octanol–water partition coefficient (Wildman–Crippen LogP) is 2.11. The van der Waals surface area contributed by atoms with E-state index in [1.165, 1.54) is 5.56 Å². The number of carbonyl (C=O) groups is 1. The van der Waals surface area contributed by atoms with Gasteiger partial charge >= 0.3 is 0 Å². The smallest absolute Gasteiger partial charge is 0.257 e. The van der Waals surface area contributed by atoms with Gasteiger partial charge < -0.3 is 20.7 Å². The van der Waals surface area contributed by atoms with E-state index in [2.05, 4.69) is 33.1 Å². The first-order valence-corrected chi connectivity index (χ1v) is 9.18. The molecule has 0 fully saturated rings. The van der Waals surface area contributed by atoms with Gasteiger partial charge in [0.25, 0.3) is 5.91 Å². The van der Waals surface area contributed by atoms with Crippen LogP contribution in [0, 0.1) is 0 Å². The molecule has 3 N–H and O–H groups in total. The van der Waals surface area contributed by atoms with Crippen molar-refractivity contribution in [3.05, 3.63) is 65.7 Å². The first-order chi connectivity index (χ1) is 13.2. The van der Waals surface area contributed by atoms with Crippen LogP contribution < -0.4 is 20.7 Å². The highest BCUT2D eigenvalue weighted by Crippen LogP contribution is 2.13. The van der Waals surface area contributed by atoms with E-state index >= 15 is 0 Å². The van der Waals surface area contributed by atoms with E-state index in [-0.39, 0.29) is 12.5 Å². The zero-order valence-electron chi connectivity index (χ0n) is 16.0. The van der Waals surface area contributed by atoms with Crippen molar-refractivity contribution in [2.24, 2.45) is 4.99 Å². The summed E-state index contributed by atoms with van der Waals surface area (Å²) in [5.74, 6) is 1.30. The number of nitrogens with one attached hydrogen (secondary N) is 3. The van der Waals surface area contributed by atoms with Gasteiger partial charge in [-0.3, -0.25) is 9.79 Å². The van der Waals surface area contributed by atoms with E-state index in [0.717, 1.165) is 24.5 Å². The average Bonchev–Trinajstić information content (AvgIpc) is 2.70. The molecular weight excluding hydrogens is 340 g/mol. The van der Waals surface area contributed by atoms with Crippen LogP contribution in [0.4, 0.5) is 0 Å².